The van der Waals surface area contributed by atoms with Gasteiger partial charge in [-0.1, -0.05) is 42.7 Å². The van der Waals surface area contributed by atoms with Crippen LogP contribution in [0.25, 0.3) is 0 Å². The van der Waals surface area contributed by atoms with Gasteiger partial charge in [-0.15, -0.1) is 0 Å². The molecule has 0 spiro atoms. The molecule has 1 heterocycles. The lowest BCUT2D eigenvalue weighted by atomic mass is 9.80. The molecule has 3 unspecified atom stereocenters. The van der Waals surface area contributed by atoms with Gasteiger partial charge in [0.1, 0.15) is 0 Å². The Morgan fingerprint density at radius 1 is 1.05 bits per heavy atom. The second-order valence-corrected chi connectivity index (χ2v) is 6.68. The molecule has 1 saturated heterocycles. The fourth-order valence-corrected chi connectivity index (χ4v) is 4.05. The zero-order chi connectivity index (χ0) is 13.9. The highest BCUT2D eigenvalue weighted by Crippen LogP contribution is 2.35. The molecule has 2 fully saturated rings. The van der Waals surface area contributed by atoms with Crippen LogP contribution >= 0.6 is 0 Å². The highest BCUT2D eigenvalue weighted by Gasteiger charge is 2.36. The Morgan fingerprint density at radius 2 is 1.80 bits per heavy atom. The molecule has 20 heavy (non-hydrogen) atoms. The van der Waals surface area contributed by atoms with E-state index in [1.165, 1.54) is 49.8 Å². The fourth-order valence-electron chi connectivity index (χ4n) is 4.05. The van der Waals surface area contributed by atoms with E-state index in [-0.39, 0.29) is 6.10 Å². The van der Waals surface area contributed by atoms with Crippen molar-refractivity contribution in [2.45, 2.75) is 64.1 Å². The molecule has 1 aromatic rings. The van der Waals surface area contributed by atoms with Crippen molar-refractivity contribution in [1.29, 1.82) is 0 Å². The zero-order valence-corrected chi connectivity index (χ0v) is 12.6. The van der Waals surface area contributed by atoms with Crippen LogP contribution in [0.2, 0.25) is 0 Å². The Morgan fingerprint density at radius 3 is 2.55 bits per heavy atom. The molecule has 1 aromatic carbocycles. The van der Waals surface area contributed by atoms with Gasteiger partial charge in [0.05, 0.1) is 6.10 Å². The third kappa shape index (κ3) is 3.07. The van der Waals surface area contributed by atoms with Gasteiger partial charge in [0, 0.05) is 18.5 Å². The molecule has 0 amide bonds. The lowest BCUT2D eigenvalue weighted by Gasteiger charge is -2.37. The summed E-state index contributed by atoms with van der Waals surface area (Å²) in [6, 6.07) is 9.52. The van der Waals surface area contributed by atoms with Gasteiger partial charge in [-0.05, 0) is 44.7 Å². The third-order valence-electron chi connectivity index (χ3n) is 5.20. The molecule has 0 aromatic heterocycles. The zero-order valence-electron chi connectivity index (χ0n) is 12.6. The van der Waals surface area contributed by atoms with Crippen molar-refractivity contribution in [3.05, 3.63) is 35.4 Å². The first-order valence-electron chi connectivity index (χ1n) is 8.22. The molecule has 1 saturated carbocycles. The number of aliphatic hydroxyl groups is 1. The van der Waals surface area contributed by atoms with E-state index in [0.29, 0.717) is 12.0 Å². The van der Waals surface area contributed by atoms with Gasteiger partial charge in [0.25, 0.3) is 0 Å². The third-order valence-corrected chi connectivity index (χ3v) is 5.20. The average Bonchev–Trinajstić information content (AvgIpc) is 2.90. The number of hydrogen-bond acceptors (Lipinski definition) is 2. The van der Waals surface area contributed by atoms with Gasteiger partial charge < -0.3 is 5.11 Å². The predicted molar refractivity (Wildman–Crippen MR) is 82.6 cm³/mol. The first-order valence-corrected chi connectivity index (χ1v) is 8.22. The van der Waals surface area contributed by atoms with E-state index in [0.717, 1.165) is 13.0 Å². The summed E-state index contributed by atoms with van der Waals surface area (Å²) < 4.78 is 0. The lowest BCUT2D eigenvalue weighted by Crippen LogP contribution is -2.42. The van der Waals surface area contributed by atoms with Crippen LogP contribution in [0.15, 0.2) is 24.3 Å². The molecule has 1 N–H and O–H groups in total. The molecule has 0 radical (unpaired) electrons. The lowest BCUT2D eigenvalue weighted by molar-refractivity contribution is 0.0201. The van der Waals surface area contributed by atoms with Gasteiger partial charge in [0.2, 0.25) is 0 Å². The maximum Gasteiger partial charge on any atom is 0.0583 e. The minimum absolute atomic E-state index is 0.0626. The summed E-state index contributed by atoms with van der Waals surface area (Å²) >= 11 is 0. The number of benzene rings is 1. The summed E-state index contributed by atoms with van der Waals surface area (Å²) in [6.45, 7) is 4.39. The van der Waals surface area contributed by atoms with Gasteiger partial charge in [-0.2, -0.15) is 0 Å². The SMILES string of the molecule is Cc1ccc(CN2CCCC2C2CCCCC2O)cc1. The molecule has 3 atom stereocenters. The van der Waals surface area contributed by atoms with Crippen molar-refractivity contribution in [3.63, 3.8) is 0 Å². The standard InChI is InChI=1S/C18H27NO/c1-14-8-10-15(11-9-14)13-19-12-4-6-17(19)16-5-2-3-7-18(16)20/h8-11,16-18,20H,2-7,12-13H2,1H3. The topological polar surface area (TPSA) is 23.5 Å². The van der Waals surface area contributed by atoms with Crippen molar-refractivity contribution < 1.29 is 5.11 Å². The monoisotopic (exact) mass is 273 g/mol. The summed E-state index contributed by atoms with van der Waals surface area (Å²) in [4.78, 5) is 2.61. The Balaban J connectivity index is 1.67. The van der Waals surface area contributed by atoms with E-state index >= 15 is 0 Å². The summed E-state index contributed by atoms with van der Waals surface area (Å²) in [5.41, 5.74) is 2.74. The fraction of sp³-hybridized carbons (Fsp3) is 0.667. The Labute approximate surface area is 122 Å². The van der Waals surface area contributed by atoms with Crippen molar-refractivity contribution in [1.82, 2.24) is 4.90 Å². The second kappa shape index (κ2) is 6.28. The summed E-state index contributed by atoms with van der Waals surface area (Å²) in [5, 5.41) is 10.3. The van der Waals surface area contributed by atoms with Gasteiger partial charge in [-0.3, -0.25) is 4.90 Å². The maximum atomic E-state index is 10.3. The van der Waals surface area contributed by atoms with Crippen molar-refractivity contribution in [3.8, 4) is 0 Å². The number of hydrogen-bond donors (Lipinski definition) is 1. The molecular formula is C18H27NO. The number of nitrogens with zero attached hydrogens (tertiary/aromatic N) is 1. The van der Waals surface area contributed by atoms with Crippen molar-refractivity contribution in [2.75, 3.05) is 6.54 Å². The molecule has 0 bridgehead atoms. The maximum absolute atomic E-state index is 10.3. The number of likely N-dealkylation sites (tertiary alicyclic amines) is 1. The van der Waals surface area contributed by atoms with Crippen LogP contribution in [0, 0.1) is 12.8 Å². The van der Waals surface area contributed by atoms with E-state index in [2.05, 4.69) is 36.1 Å². The summed E-state index contributed by atoms with van der Waals surface area (Å²) in [7, 11) is 0. The van der Waals surface area contributed by atoms with Gasteiger partial charge >= 0.3 is 0 Å². The van der Waals surface area contributed by atoms with E-state index in [1.54, 1.807) is 0 Å². The molecule has 2 heteroatoms. The highest BCUT2D eigenvalue weighted by molar-refractivity contribution is 5.21. The Kier molecular flexibility index (Phi) is 4.42. The highest BCUT2D eigenvalue weighted by atomic mass is 16.3. The van der Waals surface area contributed by atoms with Crippen LogP contribution in [0.1, 0.15) is 49.7 Å². The first kappa shape index (κ1) is 14.1. The molecule has 110 valence electrons. The molecule has 2 nitrogen and oxygen atoms in total. The van der Waals surface area contributed by atoms with Crippen LogP contribution in [-0.4, -0.2) is 28.7 Å². The molecule has 1 aliphatic heterocycles. The van der Waals surface area contributed by atoms with Gasteiger partial charge in [0.15, 0.2) is 0 Å². The van der Waals surface area contributed by atoms with Crippen LogP contribution < -0.4 is 0 Å². The van der Waals surface area contributed by atoms with Crippen LogP contribution in [0.4, 0.5) is 0 Å². The molecule has 2 aliphatic rings. The van der Waals surface area contributed by atoms with Crippen LogP contribution in [0.5, 0.6) is 0 Å². The van der Waals surface area contributed by atoms with Crippen molar-refractivity contribution in [2.24, 2.45) is 5.92 Å². The number of aryl methyl sites for hydroxylation is 1. The molecule has 1 aliphatic carbocycles. The Bertz CT molecular complexity index is 428. The molecule has 3 rings (SSSR count). The minimum atomic E-state index is -0.0626. The Hall–Kier alpha value is -0.860. The van der Waals surface area contributed by atoms with Crippen molar-refractivity contribution >= 4 is 0 Å². The molecular weight excluding hydrogens is 246 g/mol. The van der Waals surface area contributed by atoms with E-state index < -0.39 is 0 Å². The van der Waals surface area contributed by atoms with E-state index in [9.17, 15) is 5.11 Å². The average molecular weight is 273 g/mol. The second-order valence-electron chi connectivity index (χ2n) is 6.68. The minimum Gasteiger partial charge on any atom is -0.393 e. The summed E-state index contributed by atoms with van der Waals surface area (Å²) in [6.07, 6.45) is 7.24. The van der Waals surface area contributed by atoms with Crippen LogP contribution in [-0.2, 0) is 6.54 Å². The van der Waals surface area contributed by atoms with Crippen LogP contribution in [0.3, 0.4) is 0 Å². The predicted octanol–water partition coefficient (Wildman–Crippen LogP) is 3.51. The first-order chi connectivity index (χ1) is 9.74. The number of aliphatic hydroxyl groups excluding tert-OH is 1. The van der Waals surface area contributed by atoms with Gasteiger partial charge in [-0.25, -0.2) is 0 Å². The number of rotatable bonds is 3. The van der Waals surface area contributed by atoms with E-state index in [1.807, 2.05) is 0 Å². The largest absolute Gasteiger partial charge is 0.393 e. The van der Waals surface area contributed by atoms with E-state index in [4.69, 9.17) is 0 Å². The quantitative estimate of drug-likeness (QED) is 0.911. The summed E-state index contributed by atoms with van der Waals surface area (Å²) in [5.74, 6) is 0.511. The smallest absolute Gasteiger partial charge is 0.0583 e. The normalized spacial score (nSPS) is 31.6.